The molecule has 0 fully saturated rings. The van der Waals surface area contributed by atoms with Gasteiger partial charge in [0, 0.05) is 30.0 Å². The highest BCUT2D eigenvalue weighted by Gasteiger charge is 2.20. The Morgan fingerprint density at radius 2 is 1.81 bits per heavy atom. The number of hydrogen-bond acceptors (Lipinski definition) is 5. The predicted octanol–water partition coefficient (Wildman–Crippen LogP) is 4.65. The maximum Gasteiger partial charge on any atom is 0.262 e. The van der Waals surface area contributed by atoms with Crippen molar-refractivity contribution in [1.82, 2.24) is 23.7 Å². The van der Waals surface area contributed by atoms with Gasteiger partial charge < -0.3 is 4.57 Å². The molecular formula is C24H29N5O2S. The third-order valence-electron chi connectivity index (χ3n) is 5.87. The van der Waals surface area contributed by atoms with E-state index in [4.69, 9.17) is 0 Å². The van der Waals surface area contributed by atoms with Crippen LogP contribution in [0.2, 0.25) is 0 Å². The largest absolute Gasteiger partial charge is 0.348 e. The van der Waals surface area contributed by atoms with Crippen LogP contribution in [-0.2, 0) is 13.1 Å². The van der Waals surface area contributed by atoms with E-state index in [2.05, 4.69) is 28.6 Å². The lowest BCUT2D eigenvalue weighted by Crippen LogP contribution is -2.23. The summed E-state index contributed by atoms with van der Waals surface area (Å²) in [5.74, 6) is 0.864. The zero-order chi connectivity index (χ0) is 22.8. The average Bonchev–Trinajstić information content (AvgIpc) is 3.34. The van der Waals surface area contributed by atoms with Gasteiger partial charge >= 0.3 is 0 Å². The summed E-state index contributed by atoms with van der Waals surface area (Å²) in [7, 11) is 0. The summed E-state index contributed by atoms with van der Waals surface area (Å²) < 4.78 is 5.80. The lowest BCUT2D eigenvalue weighted by atomic mass is 10.2. The van der Waals surface area contributed by atoms with E-state index >= 15 is 0 Å². The van der Waals surface area contributed by atoms with Crippen molar-refractivity contribution in [3.05, 3.63) is 57.6 Å². The second-order valence-electron chi connectivity index (χ2n) is 8.09. The molecule has 0 saturated carbocycles. The van der Waals surface area contributed by atoms with Crippen LogP contribution in [0.15, 0.2) is 40.3 Å². The molecule has 0 radical (unpaired) electrons. The minimum atomic E-state index is -0.0510. The lowest BCUT2D eigenvalue weighted by Gasteiger charge is -2.10. The van der Waals surface area contributed by atoms with Crippen LogP contribution in [-0.4, -0.2) is 35.3 Å². The van der Waals surface area contributed by atoms with Gasteiger partial charge in [0.15, 0.2) is 10.9 Å². The Labute approximate surface area is 191 Å². The molecule has 0 saturated heterocycles. The molecule has 3 heterocycles. The van der Waals surface area contributed by atoms with Crippen LogP contribution in [0.3, 0.4) is 0 Å². The van der Waals surface area contributed by atoms with Gasteiger partial charge in [-0.2, -0.15) is 0 Å². The molecule has 0 aliphatic rings. The number of nitrogens with zero attached hydrogens (tertiary/aromatic N) is 5. The summed E-state index contributed by atoms with van der Waals surface area (Å²) in [5.41, 5.74) is 3.60. The SMILES string of the molecule is CCCCn1c(=O)c2ccccc2n2c(SCC(=O)c3cc(C)n(CCC)c3C)nnc12. The van der Waals surface area contributed by atoms with E-state index in [0.717, 1.165) is 48.3 Å². The normalized spacial score (nSPS) is 11.6. The molecule has 8 heteroatoms. The molecule has 0 N–H and O–H groups in total. The quantitative estimate of drug-likeness (QED) is 0.274. The van der Waals surface area contributed by atoms with Crippen molar-refractivity contribution in [2.45, 2.75) is 65.2 Å². The Bertz CT molecular complexity index is 1350. The molecule has 32 heavy (non-hydrogen) atoms. The van der Waals surface area contributed by atoms with Gasteiger partial charge in [-0.3, -0.25) is 18.6 Å². The second kappa shape index (κ2) is 9.32. The maximum absolute atomic E-state index is 13.1. The van der Waals surface area contributed by atoms with E-state index in [1.165, 1.54) is 11.8 Å². The number of carbonyl (C=O) groups is 1. The van der Waals surface area contributed by atoms with Crippen LogP contribution in [0.5, 0.6) is 0 Å². The fourth-order valence-corrected chi connectivity index (χ4v) is 5.03. The Kier molecular flexibility index (Phi) is 6.50. The van der Waals surface area contributed by atoms with E-state index in [1.807, 2.05) is 48.6 Å². The van der Waals surface area contributed by atoms with Gasteiger partial charge in [0.05, 0.1) is 16.7 Å². The smallest absolute Gasteiger partial charge is 0.262 e. The summed E-state index contributed by atoms with van der Waals surface area (Å²) >= 11 is 1.37. The molecule has 4 aromatic rings. The van der Waals surface area contributed by atoms with Crippen molar-refractivity contribution in [2.24, 2.45) is 0 Å². The van der Waals surface area contributed by atoms with Crippen molar-refractivity contribution < 1.29 is 4.79 Å². The molecule has 7 nitrogen and oxygen atoms in total. The first-order valence-electron chi connectivity index (χ1n) is 11.2. The summed E-state index contributed by atoms with van der Waals surface area (Å²) in [6, 6.07) is 9.49. The number of aromatic nitrogens is 5. The van der Waals surface area contributed by atoms with Gasteiger partial charge in [0.2, 0.25) is 5.78 Å². The third-order valence-corrected chi connectivity index (χ3v) is 6.80. The number of benzene rings is 1. The standard InChI is InChI=1S/C24H29N5O2S/c1-5-7-13-28-22(31)18-10-8-9-11-20(18)29-23(28)25-26-24(29)32-15-21(30)19-14-16(3)27(12-6-2)17(19)4/h8-11,14H,5-7,12-13,15H2,1-4H3. The first-order chi connectivity index (χ1) is 15.5. The molecule has 168 valence electrons. The number of rotatable bonds is 9. The molecule has 0 unspecified atom stereocenters. The number of thioether (sulfide) groups is 1. The third kappa shape index (κ3) is 3.88. The number of ketones is 1. The molecule has 0 bridgehead atoms. The zero-order valence-electron chi connectivity index (χ0n) is 19.1. The molecule has 3 aromatic heterocycles. The topological polar surface area (TPSA) is 74.2 Å². The minimum absolute atomic E-state index is 0.0510. The number of fused-ring (bicyclic) bond motifs is 3. The van der Waals surface area contributed by atoms with Gasteiger partial charge in [-0.1, -0.05) is 44.2 Å². The van der Waals surface area contributed by atoms with Gasteiger partial charge in [0.25, 0.3) is 5.56 Å². The van der Waals surface area contributed by atoms with Gasteiger partial charge in [-0.05, 0) is 44.9 Å². The fourth-order valence-electron chi connectivity index (χ4n) is 4.20. The van der Waals surface area contributed by atoms with Crippen molar-refractivity contribution >= 4 is 34.2 Å². The average molecular weight is 452 g/mol. The predicted molar refractivity (Wildman–Crippen MR) is 129 cm³/mol. The van der Waals surface area contributed by atoms with E-state index in [-0.39, 0.29) is 17.1 Å². The molecule has 0 amide bonds. The van der Waals surface area contributed by atoms with Crippen LogP contribution in [0.25, 0.3) is 16.7 Å². The van der Waals surface area contributed by atoms with Crippen molar-refractivity contribution in [3.63, 3.8) is 0 Å². The Morgan fingerprint density at radius 3 is 2.56 bits per heavy atom. The van der Waals surface area contributed by atoms with E-state index < -0.39 is 0 Å². The highest BCUT2D eigenvalue weighted by Crippen LogP contribution is 2.24. The van der Waals surface area contributed by atoms with Crippen molar-refractivity contribution in [3.8, 4) is 0 Å². The van der Waals surface area contributed by atoms with Crippen LogP contribution in [0.4, 0.5) is 0 Å². The second-order valence-corrected chi connectivity index (χ2v) is 9.04. The number of hydrogen-bond donors (Lipinski definition) is 0. The molecule has 0 atom stereocenters. The number of unbranched alkanes of at least 4 members (excludes halogenated alkanes) is 1. The highest BCUT2D eigenvalue weighted by molar-refractivity contribution is 7.99. The summed E-state index contributed by atoms with van der Waals surface area (Å²) in [4.78, 5) is 26.1. The Balaban J connectivity index is 1.70. The molecule has 4 rings (SSSR count). The van der Waals surface area contributed by atoms with Gasteiger partial charge in [-0.25, -0.2) is 0 Å². The number of Topliss-reactive ketones (excluding diaryl/α,β-unsaturated/α-hetero) is 1. The molecule has 0 aliphatic heterocycles. The fraction of sp³-hybridized carbons (Fsp3) is 0.417. The van der Waals surface area contributed by atoms with E-state index in [0.29, 0.717) is 22.9 Å². The van der Waals surface area contributed by atoms with Crippen LogP contribution < -0.4 is 5.56 Å². The summed E-state index contributed by atoms with van der Waals surface area (Å²) in [6.07, 6.45) is 2.89. The van der Waals surface area contributed by atoms with Crippen LogP contribution in [0.1, 0.15) is 54.9 Å². The number of aryl methyl sites for hydroxylation is 2. The van der Waals surface area contributed by atoms with E-state index in [1.54, 1.807) is 4.57 Å². The lowest BCUT2D eigenvalue weighted by molar-refractivity contribution is 0.102. The molecule has 1 aromatic carbocycles. The highest BCUT2D eigenvalue weighted by atomic mass is 32.2. The first kappa shape index (κ1) is 22.3. The Morgan fingerprint density at radius 1 is 1.03 bits per heavy atom. The summed E-state index contributed by atoms with van der Waals surface area (Å²) in [5, 5.41) is 9.94. The Hall–Kier alpha value is -2.87. The van der Waals surface area contributed by atoms with Gasteiger partial charge in [-0.15, -0.1) is 10.2 Å². The summed E-state index contributed by atoms with van der Waals surface area (Å²) in [6.45, 7) is 9.78. The van der Waals surface area contributed by atoms with Crippen LogP contribution in [0, 0.1) is 13.8 Å². The van der Waals surface area contributed by atoms with Crippen molar-refractivity contribution in [2.75, 3.05) is 5.75 Å². The molecule has 0 spiro atoms. The van der Waals surface area contributed by atoms with Crippen molar-refractivity contribution in [1.29, 1.82) is 0 Å². The number of carbonyl (C=O) groups excluding carboxylic acids is 1. The maximum atomic E-state index is 13.1. The first-order valence-corrected chi connectivity index (χ1v) is 12.2. The van der Waals surface area contributed by atoms with Crippen LogP contribution >= 0.6 is 11.8 Å². The molecule has 0 aliphatic carbocycles. The zero-order valence-corrected chi connectivity index (χ0v) is 19.9. The van der Waals surface area contributed by atoms with E-state index in [9.17, 15) is 9.59 Å². The van der Waals surface area contributed by atoms with Gasteiger partial charge in [0.1, 0.15) is 0 Å². The molecular weight excluding hydrogens is 422 g/mol. The number of para-hydroxylation sites is 1. The minimum Gasteiger partial charge on any atom is -0.348 e. The monoisotopic (exact) mass is 451 g/mol.